The molecule has 0 aromatic heterocycles. The third kappa shape index (κ3) is 5.19. The molecule has 0 radical (unpaired) electrons. The van der Waals surface area contributed by atoms with Crippen LogP contribution >= 0.6 is 0 Å². The number of methoxy groups -OCH3 is 1. The van der Waals surface area contributed by atoms with E-state index in [0.29, 0.717) is 26.1 Å². The van der Waals surface area contributed by atoms with Crippen LogP contribution in [0.1, 0.15) is 32.8 Å². The Balaban J connectivity index is 1.78. The van der Waals surface area contributed by atoms with Crippen molar-refractivity contribution in [1.82, 2.24) is 4.90 Å². The summed E-state index contributed by atoms with van der Waals surface area (Å²) in [6.07, 6.45) is 3.95. The molecule has 1 aromatic carbocycles. The van der Waals surface area contributed by atoms with E-state index in [-0.39, 0.29) is 18.0 Å². The number of allylic oxidation sites excluding steroid dienone is 1. The average molecular weight is 399 g/mol. The van der Waals surface area contributed by atoms with Crippen molar-refractivity contribution in [3.63, 3.8) is 0 Å². The standard InChI is InChI=1S/C23H29NO5/c1-23(2,3)29-22(26)24-13-12-17-19(14-24)18(21(25)27-4)10-11-20(17)28-15-16-8-6-5-7-9-16/h5-11,18-19H,12-15H2,1-4H3. The van der Waals surface area contributed by atoms with E-state index in [1.165, 1.54) is 7.11 Å². The van der Waals surface area contributed by atoms with E-state index >= 15 is 0 Å². The van der Waals surface area contributed by atoms with Gasteiger partial charge in [0.15, 0.2) is 0 Å². The first-order valence-corrected chi connectivity index (χ1v) is 9.92. The number of benzene rings is 1. The van der Waals surface area contributed by atoms with Crippen LogP contribution in [0.2, 0.25) is 0 Å². The number of piperidine rings is 1. The first-order valence-electron chi connectivity index (χ1n) is 9.92. The predicted octanol–water partition coefficient (Wildman–Crippen LogP) is 4.07. The molecule has 0 bridgehead atoms. The van der Waals surface area contributed by atoms with Crippen LogP contribution in [0.3, 0.4) is 0 Å². The fraction of sp³-hybridized carbons (Fsp3) is 0.478. The van der Waals surface area contributed by atoms with Crippen molar-refractivity contribution in [2.45, 2.75) is 39.4 Å². The summed E-state index contributed by atoms with van der Waals surface area (Å²) in [4.78, 5) is 26.6. The van der Waals surface area contributed by atoms with Gasteiger partial charge < -0.3 is 19.1 Å². The highest BCUT2D eigenvalue weighted by molar-refractivity contribution is 5.76. The second kappa shape index (κ2) is 8.72. The van der Waals surface area contributed by atoms with Crippen LogP contribution in [0.4, 0.5) is 4.79 Å². The first kappa shape index (κ1) is 21.0. The fourth-order valence-corrected chi connectivity index (χ4v) is 3.70. The molecule has 0 saturated carbocycles. The predicted molar refractivity (Wildman–Crippen MR) is 109 cm³/mol. The van der Waals surface area contributed by atoms with Crippen molar-refractivity contribution >= 4 is 12.1 Å². The normalized spacial score (nSPS) is 21.4. The van der Waals surface area contributed by atoms with Gasteiger partial charge in [-0.1, -0.05) is 36.4 Å². The Hall–Kier alpha value is -2.76. The minimum atomic E-state index is -0.564. The van der Waals surface area contributed by atoms with Gasteiger partial charge in [-0.3, -0.25) is 4.79 Å². The number of nitrogens with zero attached hydrogens (tertiary/aromatic N) is 1. The number of ether oxygens (including phenoxy) is 3. The molecule has 29 heavy (non-hydrogen) atoms. The molecular weight excluding hydrogens is 370 g/mol. The van der Waals surface area contributed by atoms with Crippen molar-refractivity contribution in [2.24, 2.45) is 11.8 Å². The molecule has 3 rings (SSSR count). The minimum Gasteiger partial charge on any atom is -0.489 e. The molecule has 6 heteroatoms. The highest BCUT2D eigenvalue weighted by atomic mass is 16.6. The van der Waals surface area contributed by atoms with E-state index in [1.54, 1.807) is 4.90 Å². The smallest absolute Gasteiger partial charge is 0.410 e. The zero-order chi connectivity index (χ0) is 21.0. The Kier molecular flexibility index (Phi) is 6.30. The van der Waals surface area contributed by atoms with E-state index in [1.807, 2.05) is 63.3 Å². The second-order valence-electron chi connectivity index (χ2n) is 8.35. The number of carbonyl (C=O) groups is 2. The van der Waals surface area contributed by atoms with Crippen molar-refractivity contribution in [2.75, 3.05) is 20.2 Å². The van der Waals surface area contributed by atoms with Crippen LogP contribution in [0.15, 0.2) is 53.8 Å². The van der Waals surface area contributed by atoms with Gasteiger partial charge in [-0.15, -0.1) is 0 Å². The first-order chi connectivity index (χ1) is 13.8. The van der Waals surface area contributed by atoms with Crippen LogP contribution in [0.25, 0.3) is 0 Å². The Morgan fingerprint density at radius 2 is 1.90 bits per heavy atom. The number of amides is 1. The van der Waals surface area contributed by atoms with Gasteiger partial charge >= 0.3 is 12.1 Å². The largest absolute Gasteiger partial charge is 0.489 e. The molecule has 2 unspecified atom stereocenters. The summed E-state index contributed by atoms with van der Waals surface area (Å²) in [5.41, 5.74) is 1.57. The molecule has 1 heterocycles. The summed E-state index contributed by atoms with van der Waals surface area (Å²) in [5, 5.41) is 0. The maximum absolute atomic E-state index is 12.5. The van der Waals surface area contributed by atoms with Crippen LogP contribution in [0, 0.1) is 11.8 Å². The number of hydrogen-bond donors (Lipinski definition) is 0. The number of hydrogen-bond acceptors (Lipinski definition) is 5. The van der Waals surface area contributed by atoms with Gasteiger partial charge in [0.2, 0.25) is 0 Å². The lowest BCUT2D eigenvalue weighted by molar-refractivity contribution is -0.145. The van der Waals surface area contributed by atoms with Crippen LogP contribution in [0.5, 0.6) is 0 Å². The number of esters is 1. The van der Waals surface area contributed by atoms with E-state index in [4.69, 9.17) is 14.2 Å². The summed E-state index contributed by atoms with van der Waals surface area (Å²) in [6, 6.07) is 9.94. The molecule has 0 N–H and O–H groups in total. The molecule has 6 nitrogen and oxygen atoms in total. The lowest BCUT2D eigenvalue weighted by Crippen LogP contribution is -2.47. The summed E-state index contributed by atoms with van der Waals surface area (Å²) >= 11 is 0. The highest BCUT2D eigenvalue weighted by Gasteiger charge is 2.40. The molecule has 156 valence electrons. The number of rotatable bonds is 4. The monoisotopic (exact) mass is 399 g/mol. The molecule has 2 atom stereocenters. The van der Waals surface area contributed by atoms with Crippen molar-refractivity contribution in [3.05, 3.63) is 59.4 Å². The van der Waals surface area contributed by atoms with Crippen LogP contribution < -0.4 is 0 Å². The van der Waals surface area contributed by atoms with Gasteiger partial charge in [-0.25, -0.2) is 4.79 Å². The summed E-state index contributed by atoms with van der Waals surface area (Å²) < 4.78 is 16.6. The van der Waals surface area contributed by atoms with Crippen molar-refractivity contribution < 1.29 is 23.8 Å². The highest BCUT2D eigenvalue weighted by Crippen LogP contribution is 2.38. The topological polar surface area (TPSA) is 65.1 Å². The van der Waals surface area contributed by atoms with E-state index in [2.05, 4.69) is 0 Å². The van der Waals surface area contributed by atoms with Gasteiger partial charge in [-0.2, -0.15) is 0 Å². The molecule has 1 amide bonds. The van der Waals surface area contributed by atoms with E-state index < -0.39 is 11.5 Å². The van der Waals surface area contributed by atoms with Gasteiger partial charge in [0.05, 0.1) is 13.0 Å². The van der Waals surface area contributed by atoms with Gasteiger partial charge in [0, 0.05) is 19.0 Å². The quantitative estimate of drug-likeness (QED) is 0.714. The molecule has 0 spiro atoms. The molecule has 2 aliphatic rings. The Morgan fingerprint density at radius 1 is 1.17 bits per heavy atom. The SMILES string of the molecule is COC(=O)C1C=CC(OCc2ccccc2)=C2CCN(C(=O)OC(C)(C)C)CC21. The van der Waals surface area contributed by atoms with Gasteiger partial charge in [0.25, 0.3) is 0 Å². The summed E-state index contributed by atoms with van der Waals surface area (Å²) in [5.74, 6) is -0.149. The Morgan fingerprint density at radius 3 is 2.55 bits per heavy atom. The molecule has 1 aliphatic carbocycles. The third-order valence-corrected chi connectivity index (χ3v) is 5.08. The maximum atomic E-state index is 12.5. The zero-order valence-electron chi connectivity index (χ0n) is 17.5. The van der Waals surface area contributed by atoms with Gasteiger partial charge in [-0.05, 0) is 44.4 Å². The fourth-order valence-electron chi connectivity index (χ4n) is 3.70. The third-order valence-electron chi connectivity index (χ3n) is 5.08. The zero-order valence-corrected chi connectivity index (χ0v) is 17.5. The minimum absolute atomic E-state index is 0.181. The van der Waals surface area contributed by atoms with E-state index in [0.717, 1.165) is 16.9 Å². The van der Waals surface area contributed by atoms with Crippen LogP contribution in [-0.2, 0) is 25.6 Å². The Bertz CT molecular complexity index is 806. The molecule has 1 saturated heterocycles. The van der Waals surface area contributed by atoms with E-state index in [9.17, 15) is 9.59 Å². The van der Waals surface area contributed by atoms with Gasteiger partial charge in [0.1, 0.15) is 18.0 Å². The molecular formula is C23H29NO5. The Labute approximate surface area is 172 Å². The number of carbonyl (C=O) groups excluding carboxylic acids is 2. The molecule has 1 fully saturated rings. The number of fused-ring (bicyclic) bond motifs is 1. The lowest BCUT2D eigenvalue weighted by Gasteiger charge is -2.39. The molecule has 1 aliphatic heterocycles. The second-order valence-corrected chi connectivity index (χ2v) is 8.35. The van der Waals surface area contributed by atoms with Crippen LogP contribution in [-0.4, -0.2) is 42.8 Å². The number of likely N-dealkylation sites (tertiary alicyclic amines) is 1. The van der Waals surface area contributed by atoms with Crippen molar-refractivity contribution in [1.29, 1.82) is 0 Å². The summed E-state index contributed by atoms with van der Waals surface area (Å²) in [6.45, 7) is 6.91. The van der Waals surface area contributed by atoms with Crippen molar-refractivity contribution in [3.8, 4) is 0 Å². The average Bonchev–Trinajstić information content (AvgIpc) is 2.70. The molecule has 1 aromatic rings. The summed E-state index contributed by atoms with van der Waals surface area (Å²) in [7, 11) is 1.38. The lowest BCUT2D eigenvalue weighted by atomic mass is 9.77. The maximum Gasteiger partial charge on any atom is 0.410 e.